The highest BCUT2D eigenvalue weighted by Crippen LogP contribution is 2.39. The van der Waals surface area contributed by atoms with Crippen LogP contribution in [0.25, 0.3) is 0 Å². The van der Waals surface area contributed by atoms with Crippen LogP contribution >= 0.6 is 0 Å². The Kier molecular flexibility index (Phi) is 3.14. The monoisotopic (exact) mass is 203 g/mol. The predicted octanol–water partition coefficient (Wildman–Crippen LogP) is 1.27. The molecule has 1 saturated carbocycles. The third kappa shape index (κ3) is 2.81. The summed E-state index contributed by atoms with van der Waals surface area (Å²) in [4.78, 5) is 0. The van der Waals surface area contributed by atoms with E-state index < -0.39 is 10.0 Å². The Morgan fingerprint density at radius 1 is 1.62 bits per heavy atom. The van der Waals surface area contributed by atoms with Gasteiger partial charge in [-0.25, -0.2) is 13.6 Å². The fraction of sp³-hybridized carbons (Fsp3) is 0.778. The number of allylic oxidation sites excluding steroid dienone is 1. The summed E-state index contributed by atoms with van der Waals surface area (Å²) in [5.74, 6) is 0.393. The predicted molar refractivity (Wildman–Crippen MR) is 53.6 cm³/mol. The van der Waals surface area contributed by atoms with E-state index in [1.165, 1.54) is 0 Å². The first-order valence-electron chi connectivity index (χ1n) is 4.59. The number of hydrogen-bond acceptors (Lipinski definition) is 2. The molecular formula is C9H17NO2S. The van der Waals surface area contributed by atoms with Gasteiger partial charge in [0.15, 0.2) is 0 Å². The molecule has 1 rings (SSSR count). The highest BCUT2D eigenvalue weighted by atomic mass is 32.2. The SMILES string of the molecule is C=CC[C@@H](C)[C@H](C1CC1)S(N)(=O)=O. The van der Waals surface area contributed by atoms with Crippen molar-refractivity contribution in [1.29, 1.82) is 0 Å². The van der Waals surface area contributed by atoms with Crippen LogP contribution in [-0.4, -0.2) is 13.7 Å². The molecule has 2 atom stereocenters. The van der Waals surface area contributed by atoms with Gasteiger partial charge in [-0.2, -0.15) is 0 Å². The molecule has 1 aliphatic rings. The van der Waals surface area contributed by atoms with Crippen LogP contribution in [0, 0.1) is 11.8 Å². The van der Waals surface area contributed by atoms with E-state index in [1.54, 1.807) is 6.08 Å². The Labute approximate surface area is 80.1 Å². The van der Waals surface area contributed by atoms with Crippen LogP contribution in [0.2, 0.25) is 0 Å². The molecule has 1 fully saturated rings. The molecule has 0 amide bonds. The van der Waals surface area contributed by atoms with E-state index in [2.05, 4.69) is 6.58 Å². The summed E-state index contributed by atoms with van der Waals surface area (Å²) in [5.41, 5.74) is 0. The van der Waals surface area contributed by atoms with Gasteiger partial charge in [-0.3, -0.25) is 0 Å². The third-order valence-corrected chi connectivity index (χ3v) is 4.17. The van der Waals surface area contributed by atoms with Gasteiger partial charge in [-0.05, 0) is 31.1 Å². The Balaban J connectivity index is 2.72. The summed E-state index contributed by atoms with van der Waals surface area (Å²) in [5, 5.41) is 4.83. The van der Waals surface area contributed by atoms with Gasteiger partial charge in [0.05, 0.1) is 5.25 Å². The van der Waals surface area contributed by atoms with Crippen molar-refractivity contribution in [2.45, 2.75) is 31.4 Å². The van der Waals surface area contributed by atoms with E-state index in [-0.39, 0.29) is 11.2 Å². The molecule has 3 nitrogen and oxygen atoms in total. The number of rotatable bonds is 5. The van der Waals surface area contributed by atoms with Crippen molar-refractivity contribution in [3.05, 3.63) is 12.7 Å². The van der Waals surface area contributed by atoms with Crippen LogP contribution in [0.1, 0.15) is 26.2 Å². The van der Waals surface area contributed by atoms with Gasteiger partial charge in [0.25, 0.3) is 0 Å². The Bertz CT molecular complexity index is 280. The zero-order chi connectivity index (χ0) is 10.1. The maximum absolute atomic E-state index is 11.3. The molecule has 2 N–H and O–H groups in total. The van der Waals surface area contributed by atoms with E-state index in [1.807, 2.05) is 6.92 Å². The van der Waals surface area contributed by atoms with Crippen LogP contribution in [0.3, 0.4) is 0 Å². The molecule has 0 spiro atoms. The van der Waals surface area contributed by atoms with Gasteiger partial charge in [-0.1, -0.05) is 13.0 Å². The average Bonchev–Trinajstić information content (AvgIpc) is 2.68. The van der Waals surface area contributed by atoms with Crippen molar-refractivity contribution in [2.24, 2.45) is 17.0 Å². The Morgan fingerprint density at radius 2 is 2.15 bits per heavy atom. The Hall–Kier alpha value is -0.350. The van der Waals surface area contributed by atoms with Crippen molar-refractivity contribution in [3.8, 4) is 0 Å². The summed E-state index contributed by atoms with van der Waals surface area (Å²) < 4.78 is 22.5. The Morgan fingerprint density at radius 3 is 2.46 bits per heavy atom. The van der Waals surface area contributed by atoms with Crippen LogP contribution in [0.15, 0.2) is 12.7 Å². The molecule has 0 unspecified atom stereocenters. The zero-order valence-corrected chi connectivity index (χ0v) is 8.76. The van der Waals surface area contributed by atoms with Crippen LogP contribution in [0.4, 0.5) is 0 Å². The number of nitrogens with two attached hydrogens (primary N) is 1. The topological polar surface area (TPSA) is 60.2 Å². The van der Waals surface area contributed by atoms with E-state index >= 15 is 0 Å². The van der Waals surface area contributed by atoms with Crippen LogP contribution in [0.5, 0.6) is 0 Å². The van der Waals surface area contributed by atoms with Gasteiger partial charge in [0.1, 0.15) is 0 Å². The molecule has 0 aromatic carbocycles. The fourth-order valence-electron chi connectivity index (χ4n) is 1.88. The maximum atomic E-state index is 11.3. The molecule has 0 saturated heterocycles. The molecule has 76 valence electrons. The van der Waals surface area contributed by atoms with E-state index in [4.69, 9.17) is 5.14 Å². The highest BCUT2D eigenvalue weighted by molar-refractivity contribution is 7.89. The van der Waals surface area contributed by atoms with E-state index in [0.717, 1.165) is 19.3 Å². The second-order valence-electron chi connectivity index (χ2n) is 3.89. The number of primary sulfonamides is 1. The average molecular weight is 203 g/mol. The van der Waals surface area contributed by atoms with Gasteiger partial charge in [0.2, 0.25) is 10.0 Å². The molecule has 4 heteroatoms. The van der Waals surface area contributed by atoms with E-state index in [0.29, 0.717) is 5.92 Å². The highest BCUT2D eigenvalue weighted by Gasteiger charge is 2.41. The molecular weight excluding hydrogens is 186 g/mol. The van der Waals surface area contributed by atoms with Crippen molar-refractivity contribution < 1.29 is 8.42 Å². The lowest BCUT2D eigenvalue weighted by Crippen LogP contribution is -2.35. The van der Waals surface area contributed by atoms with Crippen molar-refractivity contribution in [3.63, 3.8) is 0 Å². The van der Waals surface area contributed by atoms with Crippen molar-refractivity contribution in [1.82, 2.24) is 0 Å². The van der Waals surface area contributed by atoms with Crippen LogP contribution < -0.4 is 5.14 Å². The normalized spacial score (nSPS) is 22.3. The summed E-state index contributed by atoms with van der Waals surface area (Å²) in [6.07, 6.45) is 4.48. The molecule has 1 aliphatic carbocycles. The molecule has 0 heterocycles. The second kappa shape index (κ2) is 3.80. The molecule has 0 aromatic heterocycles. The molecule has 0 aliphatic heterocycles. The molecule has 0 bridgehead atoms. The first-order chi connectivity index (χ1) is 5.96. The lowest BCUT2D eigenvalue weighted by Gasteiger charge is -2.20. The first-order valence-corrected chi connectivity index (χ1v) is 6.20. The largest absolute Gasteiger partial charge is 0.228 e. The maximum Gasteiger partial charge on any atom is 0.212 e. The smallest absolute Gasteiger partial charge is 0.212 e. The molecule has 0 aromatic rings. The lowest BCUT2D eigenvalue weighted by atomic mass is 10.0. The number of sulfonamides is 1. The van der Waals surface area contributed by atoms with Crippen LogP contribution in [-0.2, 0) is 10.0 Å². The van der Waals surface area contributed by atoms with Gasteiger partial charge in [-0.15, -0.1) is 6.58 Å². The minimum Gasteiger partial charge on any atom is -0.228 e. The summed E-state index contributed by atoms with van der Waals surface area (Å²) in [6.45, 7) is 5.53. The summed E-state index contributed by atoms with van der Waals surface area (Å²) in [6, 6.07) is 0. The quantitative estimate of drug-likeness (QED) is 0.684. The lowest BCUT2D eigenvalue weighted by molar-refractivity contribution is 0.478. The van der Waals surface area contributed by atoms with Crippen molar-refractivity contribution in [2.75, 3.05) is 0 Å². The number of hydrogen-bond donors (Lipinski definition) is 1. The second-order valence-corrected chi connectivity index (χ2v) is 5.62. The van der Waals surface area contributed by atoms with E-state index in [9.17, 15) is 8.42 Å². The summed E-state index contributed by atoms with van der Waals surface area (Å²) >= 11 is 0. The zero-order valence-electron chi connectivity index (χ0n) is 7.94. The van der Waals surface area contributed by atoms with Gasteiger partial charge >= 0.3 is 0 Å². The first kappa shape index (κ1) is 10.7. The summed E-state index contributed by atoms with van der Waals surface area (Å²) in [7, 11) is -3.37. The van der Waals surface area contributed by atoms with Gasteiger partial charge < -0.3 is 0 Å². The fourth-order valence-corrected chi connectivity index (χ4v) is 3.45. The third-order valence-electron chi connectivity index (χ3n) is 2.57. The standard InChI is InChI=1S/C9H17NO2S/c1-3-4-7(2)9(8-5-6-8)13(10,11)12/h3,7-9H,1,4-6H2,2H3,(H2,10,11,12)/t7-,9-/m1/s1. The minimum atomic E-state index is -3.37. The molecule has 13 heavy (non-hydrogen) atoms. The van der Waals surface area contributed by atoms with Gasteiger partial charge in [0, 0.05) is 0 Å². The van der Waals surface area contributed by atoms with Crippen molar-refractivity contribution >= 4 is 10.0 Å². The molecule has 0 radical (unpaired) electrons. The minimum absolute atomic E-state index is 0.0972.